The molecule has 0 radical (unpaired) electrons. The first-order chi connectivity index (χ1) is 13.9. The highest BCUT2D eigenvalue weighted by molar-refractivity contribution is 7.89. The highest BCUT2D eigenvalue weighted by atomic mass is 32.2. The van der Waals surface area contributed by atoms with Crippen molar-refractivity contribution in [2.45, 2.75) is 37.5 Å². The Morgan fingerprint density at radius 2 is 1.72 bits per heavy atom. The van der Waals surface area contributed by atoms with E-state index in [1.54, 1.807) is 16.4 Å². The first-order valence-electron chi connectivity index (χ1n) is 9.72. The molecule has 0 spiro atoms. The van der Waals surface area contributed by atoms with Crippen LogP contribution in [0.15, 0.2) is 47.4 Å². The molecule has 1 saturated heterocycles. The molecule has 1 fully saturated rings. The molecule has 2 aromatic carbocycles. The normalized spacial score (nSPS) is 15.9. The molecule has 0 atom stereocenters. The van der Waals surface area contributed by atoms with E-state index in [1.807, 2.05) is 25.1 Å². The number of rotatable bonds is 4. The second-order valence-electron chi connectivity index (χ2n) is 7.29. The van der Waals surface area contributed by atoms with Crippen LogP contribution in [0.5, 0.6) is 0 Å². The molecule has 0 aliphatic carbocycles. The zero-order valence-electron chi connectivity index (χ0n) is 16.2. The molecule has 1 aliphatic rings. The molecule has 1 N–H and O–H groups in total. The molecule has 0 saturated carbocycles. The van der Waals surface area contributed by atoms with E-state index in [2.05, 4.69) is 10.3 Å². The molecule has 152 valence electrons. The summed E-state index contributed by atoms with van der Waals surface area (Å²) in [5.74, 6) is -0.306. The minimum absolute atomic E-state index is 0.228. The Morgan fingerprint density at radius 1 is 1.03 bits per heavy atom. The van der Waals surface area contributed by atoms with Gasteiger partial charge in [-0.2, -0.15) is 4.31 Å². The molecule has 4 rings (SSSR count). The SMILES string of the molecule is Cc1ccc2nc(NC(=O)c3ccc(S(=O)(=O)N4CCCCCC4)cc3)sc2c1. The molecule has 1 aliphatic heterocycles. The molecule has 1 amide bonds. The summed E-state index contributed by atoms with van der Waals surface area (Å²) in [6.45, 7) is 3.13. The van der Waals surface area contributed by atoms with Gasteiger partial charge < -0.3 is 0 Å². The second-order valence-corrected chi connectivity index (χ2v) is 10.3. The minimum atomic E-state index is -3.52. The van der Waals surface area contributed by atoms with Gasteiger partial charge in [-0.25, -0.2) is 13.4 Å². The van der Waals surface area contributed by atoms with Crippen LogP contribution in [0.4, 0.5) is 5.13 Å². The van der Waals surface area contributed by atoms with E-state index in [9.17, 15) is 13.2 Å². The Bertz CT molecular complexity index is 1130. The molecule has 0 bridgehead atoms. The fourth-order valence-electron chi connectivity index (χ4n) is 3.46. The van der Waals surface area contributed by atoms with Gasteiger partial charge in [0, 0.05) is 18.7 Å². The van der Waals surface area contributed by atoms with E-state index in [0.29, 0.717) is 23.8 Å². The van der Waals surface area contributed by atoms with Gasteiger partial charge in [0.2, 0.25) is 10.0 Å². The monoisotopic (exact) mass is 429 g/mol. The van der Waals surface area contributed by atoms with Gasteiger partial charge in [-0.15, -0.1) is 0 Å². The lowest BCUT2D eigenvalue weighted by Crippen LogP contribution is -2.31. The Morgan fingerprint density at radius 3 is 2.41 bits per heavy atom. The lowest BCUT2D eigenvalue weighted by Gasteiger charge is -2.20. The summed E-state index contributed by atoms with van der Waals surface area (Å²) in [6.07, 6.45) is 3.91. The standard InChI is InChI=1S/C21H23N3O3S2/c1-15-6-11-18-19(14-15)28-21(22-18)23-20(25)16-7-9-17(10-8-16)29(26,27)24-12-4-2-3-5-13-24/h6-11,14H,2-5,12-13H2,1H3,(H,22,23,25). The van der Waals surface area contributed by atoms with Crippen molar-refractivity contribution in [3.63, 3.8) is 0 Å². The van der Waals surface area contributed by atoms with Crippen LogP contribution in [0, 0.1) is 6.92 Å². The van der Waals surface area contributed by atoms with E-state index in [-0.39, 0.29) is 10.8 Å². The van der Waals surface area contributed by atoms with Crippen LogP contribution >= 0.6 is 11.3 Å². The Hall–Kier alpha value is -2.29. The van der Waals surface area contributed by atoms with E-state index >= 15 is 0 Å². The molecule has 3 aromatic rings. The largest absolute Gasteiger partial charge is 0.298 e. The summed E-state index contributed by atoms with van der Waals surface area (Å²) in [5, 5.41) is 3.33. The zero-order valence-corrected chi connectivity index (χ0v) is 17.9. The van der Waals surface area contributed by atoms with Gasteiger partial charge in [0.15, 0.2) is 5.13 Å². The fraction of sp³-hybridized carbons (Fsp3) is 0.333. The summed E-state index contributed by atoms with van der Waals surface area (Å²) in [5.41, 5.74) is 2.38. The van der Waals surface area contributed by atoms with Crippen LogP contribution in [0.3, 0.4) is 0 Å². The summed E-state index contributed by atoms with van der Waals surface area (Å²) >= 11 is 1.42. The number of sulfonamides is 1. The van der Waals surface area contributed by atoms with Crippen LogP contribution in [0.25, 0.3) is 10.2 Å². The summed E-state index contributed by atoms with van der Waals surface area (Å²) < 4.78 is 28.3. The van der Waals surface area contributed by atoms with Gasteiger partial charge in [0.05, 0.1) is 15.1 Å². The van der Waals surface area contributed by atoms with Crippen molar-refractivity contribution in [1.29, 1.82) is 0 Å². The van der Waals surface area contributed by atoms with E-state index < -0.39 is 10.0 Å². The van der Waals surface area contributed by atoms with Gasteiger partial charge in [-0.3, -0.25) is 10.1 Å². The maximum Gasteiger partial charge on any atom is 0.257 e. The smallest absolute Gasteiger partial charge is 0.257 e. The Labute approximate surface area is 174 Å². The second kappa shape index (κ2) is 8.22. The van der Waals surface area contributed by atoms with Gasteiger partial charge >= 0.3 is 0 Å². The number of anilines is 1. The van der Waals surface area contributed by atoms with Crippen LogP contribution in [0.1, 0.15) is 41.6 Å². The van der Waals surface area contributed by atoms with Crippen molar-refractivity contribution in [1.82, 2.24) is 9.29 Å². The van der Waals surface area contributed by atoms with Crippen LogP contribution in [0.2, 0.25) is 0 Å². The Kier molecular flexibility index (Phi) is 5.67. The third kappa shape index (κ3) is 4.34. The van der Waals surface area contributed by atoms with E-state index in [4.69, 9.17) is 0 Å². The number of hydrogen-bond acceptors (Lipinski definition) is 5. The lowest BCUT2D eigenvalue weighted by atomic mass is 10.2. The van der Waals surface area contributed by atoms with Gasteiger partial charge in [-0.05, 0) is 61.7 Å². The average molecular weight is 430 g/mol. The Balaban J connectivity index is 1.49. The summed E-state index contributed by atoms with van der Waals surface area (Å²) in [6, 6.07) is 12.1. The highest BCUT2D eigenvalue weighted by Crippen LogP contribution is 2.27. The number of aryl methyl sites for hydroxylation is 1. The van der Waals surface area contributed by atoms with Crippen molar-refractivity contribution in [2.24, 2.45) is 0 Å². The molecule has 0 unspecified atom stereocenters. The van der Waals surface area contributed by atoms with Gasteiger partial charge in [-0.1, -0.05) is 30.2 Å². The predicted octanol–water partition coefficient (Wildman–Crippen LogP) is 4.42. The van der Waals surface area contributed by atoms with Crippen molar-refractivity contribution in [3.8, 4) is 0 Å². The molecular weight excluding hydrogens is 406 g/mol. The van der Waals surface area contributed by atoms with Gasteiger partial charge in [0.25, 0.3) is 5.91 Å². The van der Waals surface area contributed by atoms with Crippen molar-refractivity contribution in [2.75, 3.05) is 18.4 Å². The van der Waals surface area contributed by atoms with Gasteiger partial charge in [0.1, 0.15) is 0 Å². The number of benzene rings is 2. The number of aromatic nitrogens is 1. The summed E-state index contributed by atoms with van der Waals surface area (Å²) in [7, 11) is -3.52. The number of hydrogen-bond donors (Lipinski definition) is 1. The number of carbonyl (C=O) groups excluding carboxylic acids is 1. The number of nitrogens with zero attached hydrogens (tertiary/aromatic N) is 2. The van der Waals surface area contributed by atoms with E-state index in [0.717, 1.165) is 41.5 Å². The molecule has 2 heterocycles. The number of nitrogens with one attached hydrogen (secondary N) is 1. The highest BCUT2D eigenvalue weighted by Gasteiger charge is 2.25. The van der Waals surface area contributed by atoms with E-state index in [1.165, 1.54) is 23.5 Å². The average Bonchev–Trinajstić information content (AvgIpc) is 2.91. The molecular formula is C21H23N3O3S2. The van der Waals surface area contributed by atoms with Crippen LogP contribution in [-0.2, 0) is 10.0 Å². The molecule has 29 heavy (non-hydrogen) atoms. The number of carbonyl (C=O) groups is 1. The first-order valence-corrected chi connectivity index (χ1v) is 12.0. The molecule has 1 aromatic heterocycles. The maximum atomic E-state index is 12.9. The van der Waals surface area contributed by atoms with Crippen LogP contribution in [-0.4, -0.2) is 36.7 Å². The quantitative estimate of drug-likeness (QED) is 0.666. The van der Waals surface area contributed by atoms with Crippen molar-refractivity contribution < 1.29 is 13.2 Å². The first kappa shape index (κ1) is 20.0. The number of fused-ring (bicyclic) bond motifs is 1. The fourth-order valence-corrected chi connectivity index (χ4v) is 5.94. The third-order valence-corrected chi connectivity index (χ3v) is 7.93. The van der Waals surface area contributed by atoms with Crippen molar-refractivity contribution >= 4 is 42.6 Å². The zero-order chi connectivity index (χ0) is 20.4. The maximum absolute atomic E-state index is 12.9. The topological polar surface area (TPSA) is 79.4 Å². The number of thiazole rings is 1. The molecule has 6 nitrogen and oxygen atoms in total. The summed E-state index contributed by atoms with van der Waals surface area (Å²) in [4.78, 5) is 17.2. The van der Waals surface area contributed by atoms with Crippen molar-refractivity contribution in [3.05, 3.63) is 53.6 Å². The third-order valence-electron chi connectivity index (χ3n) is 5.08. The molecule has 8 heteroatoms. The lowest BCUT2D eigenvalue weighted by molar-refractivity contribution is 0.102. The number of amides is 1. The minimum Gasteiger partial charge on any atom is -0.298 e. The predicted molar refractivity (Wildman–Crippen MR) is 116 cm³/mol. The van der Waals surface area contributed by atoms with Crippen LogP contribution < -0.4 is 5.32 Å².